The molecule has 0 aromatic heterocycles. The summed E-state index contributed by atoms with van der Waals surface area (Å²) in [6.45, 7) is 0. The molecule has 78 valence electrons. The molecule has 16 heavy (non-hydrogen) atoms. The van der Waals surface area contributed by atoms with Gasteiger partial charge in [-0.1, -0.05) is 12.1 Å². The average Bonchev–Trinajstić information content (AvgIpc) is 2.32. The van der Waals surface area contributed by atoms with Crippen LogP contribution in [0.4, 0.5) is 0 Å². The lowest BCUT2D eigenvalue weighted by Crippen LogP contribution is -2.05. The Kier molecular flexibility index (Phi) is 2.40. The Morgan fingerprint density at radius 1 is 1.12 bits per heavy atom. The van der Waals surface area contributed by atoms with E-state index in [9.17, 15) is 4.79 Å². The van der Waals surface area contributed by atoms with Gasteiger partial charge in [0.2, 0.25) is 0 Å². The number of fused-ring (bicyclic) bond motifs is 2. The van der Waals surface area contributed by atoms with E-state index >= 15 is 0 Å². The molecular weight excluding hydrogens is 333 g/mol. The smallest absolute Gasteiger partial charge is 0.193 e. The summed E-state index contributed by atoms with van der Waals surface area (Å²) in [5.74, 6) is 0. The summed E-state index contributed by atoms with van der Waals surface area (Å²) in [5, 5.41) is 0. The topological polar surface area (TPSA) is 30.0 Å². The molecule has 2 nitrogen and oxygen atoms in total. The summed E-state index contributed by atoms with van der Waals surface area (Å²) in [6, 6.07) is 11.4. The van der Waals surface area contributed by atoms with Gasteiger partial charge in [0.05, 0.1) is 24.4 Å². The molecule has 0 amide bonds. The Morgan fingerprint density at radius 3 is 2.81 bits per heavy atom. The van der Waals surface area contributed by atoms with E-state index < -0.39 is 0 Å². The third kappa shape index (κ3) is 1.53. The maximum absolute atomic E-state index is 11.5. The maximum Gasteiger partial charge on any atom is 0.193 e. The van der Waals surface area contributed by atoms with Crippen molar-refractivity contribution in [2.75, 3.05) is 0 Å². The minimum absolute atomic E-state index is 0.0708. The van der Waals surface area contributed by atoms with E-state index in [1.807, 2.05) is 24.3 Å². The van der Waals surface area contributed by atoms with Crippen molar-refractivity contribution in [3.63, 3.8) is 0 Å². The Labute approximate surface area is 109 Å². The lowest BCUT2D eigenvalue weighted by atomic mass is 10.2. The normalized spacial score (nSPS) is 11.1. The van der Waals surface area contributed by atoms with Crippen LogP contribution < -0.4 is 5.43 Å². The van der Waals surface area contributed by atoms with Crippen LogP contribution in [0.3, 0.4) is 0 Å². The molecule has 0 radical (unpaired) electrons. The minimum Gasteiger partial charge on any atom is -0.289 e. The van der Waals surface area contributed by atoms with Crippen LogP contribution in [0.15, 0.2) is 41.2 Å². The second-order valence-corrected chi connectivity index (χ2v) is 5.54. The van der Waals surface area contributed by atoms with Gasteiger partial charge in [-0.15, -0.1) is 11.3 Å². The molecule has 3 rings (SSSR count). The Balaban J connectivity index is 2.52. The van der Waals surface area contributed by atoms with Crippen LogP contribution in [0, 0.1) is 3.57 Å². The summed E-state index contributed by atoms with van der Waals surface area (Å²) in [7, 11) is 0. The molecule has 1 aliphatic carbocycles. The summed E-state index contributed by atoms with van der Waals surface area (Å²) in [4.78, 5) is 17.1. The van der Waals surface area contributed by atoms with Crippen molar-refractivity contribution in [1.29, 1.82) is 0 Å². The van der Waals surface area contributed by atoms with Crippen molar-refractivity contribution < 1.29 is 0 Å². The highest BCUT2D eigenvalue weighted by atomic mass is 127. The predicted molar refractivity (Wildman–Crippen MR) is 75.2 cm³/mol. The molecule has 4 heteroatoms. The molecule has 0 saturated heterocycles. The highest BCUT2D eigenvalue weighted by molar-refractivity contribution is 14.1. The SMILES string of the molecule is O=c1ccc2nc3ccccc3sc-2c1I. The first kappa shape index (κ1) is 10.2. The zero-order chi connectivity index (χ0) is 11.1. The van der Waals surface area contributed by atoms with Crippen molar-refractivity contribution in [2.45, 2.75) is 0 Å². The molecule has 0 unspecified atom stereocenters. The molecule has 1 aromatic carbocycles. The average molecular weight is 339 g/mol. The fourth-order valence-electron chi connectivity index (χ4n) is 1.59. The zero-order valence-corrected chi connectivity index (χ0v) is 11.1. The van der Waals surface area contributed by atoms with Gasteiger partial charge in [0.15, 0.2) is 5.43 Å². The van der Waals surface area contributed by atoms with Crippen molar-refractivity contribution in [1.82, 2.24) is 4.98 Å². The molecule has 1 aromatic rings. The maximum atomic E-state index is 11.5. The predicted octanol–water partition coefficient (Wildman–Crippen LogP) is 3.37. The van der Waals surface area contributed by atoms with Gasteiger partial charge in [0, 0.05) is 0 Å². The van der Waals surface area contributed by atoms with E-state index in [1.165, 1.54) is 0 Å². The van der Waals surface area contributed by atoms with Crippen molar-refractivity contribution in [3.8, 4) is 10.6 Å². The monoisotopic (exact) mass is 339 g/mol. The number of benzene rings is 2. The second-order valence-electron chi connectivity index (χ2n) is 3.41. The quantitative estimate of drug-likeness (QED) is 0.464. The van der Waals surface area contributed by atoms with Crippen molar-refractivity contribution in [2.24, 2.45) is 0 Å². The molecule has 2 aliphatic rings. The zero-order valence-electron chi connectivity index (χ0n) is 8.11. The van der Waals surface area contributed by atoms with Crippen LogP contribution in [0.25, 0.3) is 20.8 Å². The lowest BCUT2D eigenvalue weighted by molar-refractivity contribution is 1.39. The molecule has 0 bridgehead atoms. The summed E-state index contributed by atoms with van der Waals surface area (Å²) < 4.78 is 1.87. The van der Waals surface area contributed by atoms with E-state index in [0.717, 1.165) is 24.4 Å². The Hall–Kier alpha value is -1.01. The number of para-hydroxylation sites is 1. The van der Waals surface area contributed by atoms with Crippen LogP contribution in [0.5, 0.6) is 0 Å². The number of rotatable bonds is 0. The molecular formula is C12H6INOS. The molecule has 0 spiro atoms. The van der Waals surface area contributed by atoms with Gasteiger partial charge in [-0.2, -0.15) is 0 Å². The fourth-order valence-corrected chi connectivity index (χ4v) is 3.37. The van der Waals surface area contributed by atoms with Crippen LogP contribution >= 0.6 is 33.9 Å². The van der Waals surface area contributed by atoms with E-state index in [0.29, 0.717) is 0 Å². The van der Waals surface area contributed by atoms with Crippen LogP contribution in [0.2, 0.25) is 0 Å². The second kappa shape index (κ2) is 3.78. The first-order chi connectivity index (χ1) is 7.75. The number of aromatic nitrogens is 1. The third-order valence-corrected chi connectivity index (χ3v) is 4.98. The van der Waals surface area contributed by atoms with E-state index in [2.05, 4.69) is 27.6 Å². The van der Waals surface area contributed by atoms with Gasteiger partial charge < -0.3 is 0 Å². The van der Waals surface area contributed by atoms with Crippen LogP contribution in [-0.4, -0.2) is 4.98 Å². The summed E-state index contributed by atoms with van der Waals surface area (Å²) >= 11 is 3.72. The highest BCUT2D eigenvalue weighted by Crippen LogP contribution is 2.32. The molecule has 1 aliphatic heterocycles. The van der Waals surface area contributed by atoms with Gasteiger partial charge in [-0.3, -0.25) is 4.79 Å². The van der Waals surface area contributed by atoms with E-state index in [4.69, 9.17) is 0 Å². The largest absolute Gasteiger partial charge is 0.289 e. The third-order valence-electron chi connectivity index (χ3n) is 2.36. The van der Waals surface area contributed by atoms with Gasteiger partial charge in [-0.05, 0) is 46.9 Å². The fraction of sp³-hybridized carbons (Fsp3) is 0. The van der Waals surface area contributed by atoms with Crippen LogP contribution in [0.1, 0.15) is 0 Å². The molecule has 1 heterocycles. The van der Waals surface area contributed by atoms with Crippen molar-refractivity contribution in [3.05, 3.63) is 50.2 Å². The summed E-state index contributed by atoms with van der Waals surface area (Å²) in [5.41, 5.74) is 1.95. The van der Waals surface area contributed by atoms with Gasteiger partial charge in [0.1, 0.15) is 0 Å². The first-order valence-electron chi connectivity index (χ1n) is 4.74. The molecule has 0 N–H and O–H groups in total. The summed E-state index contributed by atoms with van der Waals surface area (Å²) in [6.07, 6.45) is 0. The Bertz CT molecular complexity index is 707. The van der Waals surface area contributed by atoms with Gasteiger partial charge in [0.25, 0.3) is 0 Å². The standard InChI is InChI=1S/C12H6INOS/c13-11-9(15)6-5-8-12(11)16-10-4-2-1-3-7(10)14-8/h1-6H. The number of halogens is 1. The highest BCUT2D eigenvalue weighted by Gasteiger charge is 2.12. The van der Waals surface area contributed by atoms with E-state index in [1.54, 1.807) is 23.5 Å². The van der Waals surface area contributed by atoms with Gasteiger partial charge >= 0.3 is 0 Å². The lowest BCUT2D eigenvalue weighted by Gasteiger charge is -2.06. The number of hydrogen-bond donors (Lipinski definition) is 0. The molecule has 0 saturated carbocycles. The number of nitrogens with zero attached hydrogens (tertiary/aromatic N) is 1. The Morgan fingerprint density at radius 2 is 1.94 bits per heavy atom. The molecule has 0 atom stereocenters. The minimum atomic E-state index is 0.0708. The molecule has 0 fully saturated rings. The van der Waals surface area contributed by atoms with Gasteiger partial charge in [-0.25, -0.2) is 4.98 Å². The van der Waals surface area contributed by atoms with Crippen molar-refractivity contribution >= 4 is 44.1 Å². The first-order valence-corrected chi connectivity index (χ1v) is 6.63. The number of hydrogen-bond acceptors (Lipinski definition) is 3. The van der Waals surface area contributed by atoms with E-state index in [-0.39, 0.29) is 5.43 Å². The van der Waals surface area contributed by atoms with Crippen LogP contribution in [-0.2, 0) is 0 Å².